The zero-order valence-electron chi connectivity index (χ0n) is 9.23. The van der Waals surface area contributed by atoms with E-state index in [1.54, 1.807) is 24.9 Å². The highest BCUT2D eigenvalue weighted by Gasteiger charge is 2.16. The standard InChI is InChI=1S/C10H16N2O3/c1-7(13)4-5-8-6-12(2)11-9(8)10(14)15-3/h6-7,13H,4-5H2,1-3H3/t7-/m1/s1. The lowest BCUT2D eigenvalue weighted by molar-refractivity contribution is 0.0591. The molecule has 0 saturated heterocycles. The molecule has 1 rings (SSSR count). The van der Waals surface area contributed by atoms with Crippen LogP contribution in [0, 0.1) is 0 Å². The van der Waals surface area contributed by atoms with Crippen LogP contribution < -0.4 is 0 Å². The largest absolute Gasteiger partial charge is 0.464 e. The molecule has 0 aromatic carbocycles. The van der Waals surface area contributed by atoms with Crippen LogP contribution in [-0.4, -0.2) is 34.1 Å². The van der Waals surface area contributed by atoms with Crippen molar-refractivity contribution < 1.29 is 14.6 Å². The lowest BCUT2D eigenvalue weighted by Crippen LogP contribution is -2.08. The molecule has 1 atom stereocenters. The van der Waals surface area contributed by atoms with Gasteiger partial charge < -0.3 is 9.84 Å². The van der Waals surface area contributed by atoms with Gasteiger partial charge >= 0.3 is 5.97 Å². The van der Waals surface area contributed by atoms with Crippen molar-refractivity contribution in [1.82, 2.24) is 9.78 Å². The minimum atomic E-state index is -0.434. The van der Waals surface area contributed by atoms with Gasteiger partial charge in [-0.1, -0.05) is 0 Å². The Bertz CT molecular complexity index is 344. The highest BCUT2D eigenvalue weighted by atomic mass is 16.5. The molecule has 1 N–H and O–H groups in total. The van der Waals surface area contributed by atoms with E-state index in [2.05, 4.69) is 9.84 Å². The molecule has 0 aliphatic rings. The minimum absolute atomic E-state index is 0.334. The number of aliphatic hydroxyl groups excluding tert-OH is 1. The molecule has 5 heteroatoms. The van der Waals surface area contributed by atoms with Crippen LogP contribution in [0.4, 0.5) is 0 Å². The van der Waals surface area contributed by atoms with Crippen LogP contribution >= 0.6 is 0 Å². The first-order chi connectivity index (χ1) is 7.04. The lowest BCUT2D eigenvalue weighted by Gasteiger charge is -2.02. The zero-order valence-corrected chi connectivity index (χ0v) is 9.23. The summed E-state index contributed by atoms with van der Waals surface area (Å²) >= 11 is 0. The second-order valence-corrected chi connectivity index (χ2v) is 3.56. The molecular formula is C10H16N2O3. The maximum atomic E-state index is 11.3. The van der Waals surface area contributed by atoms with E-state index in [1.165, 1.54) is 7.11 Å². The van der Waals surface area contributed by atoms with Gasteiger partial charge in [0, 0.05) is 18.8 Å². The van der Waals surface area contributed by atoms with Crippen LogP contribution in [0.2, 0.25) is 0 Å². The third-order valence-corrected chi connectivity index (χ3v) is 2.11. The third-order valence-electron chi connectivity index (χ3n) is 2.11. The van der Waals surface area contributed by atoms with Gasteiger partial charge in [0.2, 0.25) is 0 Å². The Morgan fingerprint density at radius 1 is 1.73 bits per heavy atom. The normalized spacial score (nSPS) is 12.5. The van der Waals surface area contributed by atoms with Crippen molar-refractivity contribution in [3.63, 3.8) is 0 Å². The van der Waals surface area contributed by atoms with E-state index in [4.69, 9.17) is 5.11 Å². The summed E-state index contributed by atoms with van der Waals surface area (Å²) in [6.07, 6.45) is 2.62. The number of hydrogen-bond donors (Lipinski definition) is 1. The zero-order chi connectivity index (χ0) is 11.4. The Morgan fingerprint density at radius 3 is 2.93 bits per heavy atom. The number of carbonyl (C=O) groups excluding carboxylic acids is 1. The van der Waals surface area contributed by atoms with Crippen LogP contribution in [0.5, 0.6) is 0 Å². The molecule has 5 nitrogen and oxygen atoms in total. The average Bonchev–Trinajstić information content (AvgIpc) is 2.55. The summed E-state index contributed by atoms with van der Waals surface area (Å²) < 4.78 is 6.19. The quantitative estimate of drug-likeness (QED) is 0.739. The molecule has 0 aliphatic carbocycles. The molecule has 0 aliphatic heterocycles. The van der Waals surface area contributed by atoms with Crippen LogP contribution in [0.3, 0.4) is 0 Å². The number of ether oxygens (including phenoxy) is 1. The van der Waals surface area contributed by atoms with Crippen LogP contribution in [0.25, 0.3) is 0 Å². The number of rotatable bonds is 4. The smallest absolute Gasteiger partial charge is 0.358 e. The first-order valence-electron chi connectivity index (χ1n) is 4.83. The summed E-state index contributed by atoms with van der Waals surface area (Å²) in [6, 6.07) is 0. The van der Waals surface area contributed by atoms with Crippen molar-refractivity contribution in [3.05, 3.63) is 17.5 Å². The van der Waals surface area contributed by atoms with Gasteiger partial charge in [-0.05, 0) is 19.8 Å². The number of aryl methyl sites for hydroxylation is 2. The van der Waals surface area contributed by atoms with E-state index in [1.807, 2.05) is 0 Å². The number of methoxy groups -OCH3 is 1. The molecule has 0 radical (unpaired) electrons. The fraction of sp³-hybridized carbons (Fsp3) is 0.600. The van der Waals surface area contributed by atoms with Crippen LogP contribution in [0.1, 0.15) is 29.4 Å². The number of esters is 1. The van der Waals surface area contributed by atoms with Crippen molar-refractivity contribution >= 4 is 5.97 Å². The van der Waals surface area contributed by atoms with Gasteiger partial charge in [0.1, 0.15) is 0 Å². The van der Waals surface area contributed by atoms with E-state index < -0.39 is 5.97 Å². The molecule has 0 saturated carbocycles. The van der Waals surface area contributed by atoms with Gasteiger partial charge in [0.15, 0.2) is 5.69 Å². The number of nitrogens with zero attached hydrogens (tertiary/aromatic N) is 2. The van der Waals surface area contributed by atoms with Crippen molar-refractivity contribution in [3.8, 4) is 0 Å². The molecule has 0 bridgehead atoms. The fourth-order valence-electron chi connectivity index (χ4n) is 1.35. The fourth-order valence-corrected chi connectivity index (χ4v) is 1.35. The Labute approximate surface area is 88.7 Å². The summed E-state index contributed by atoms with van der Waals surface area (Å²) in [6.45, 7) is 1.72. The van der Waals surface area contributed by atoms with Crippen LogP contribution in [0.15, 0.2) is 6.20 Å². The molecule has 1 aromatic heterocycles. The van der Waals surface area contributed by atoms with Gasteiger partial charge in [0.25, 0.3) is 0 Å². The molecule has 0 unspecified atom stereocenters. The Hall–Kier alpha value is -1.36. The minimum Gasteiger partial charge on any atom is -0.464 e. The molecule has 0 fully saturated rings. The van der Waals surface area contributed by atoms with E-state index in [0.717, 1.165) is 5.56 Å². The van der Waals surface area contributed by atoms with E-state index in [0.29, 0.717) is 18.5 Å². The molecule has 0 spiro atoms. The van der Waals surface area contributed by atoms with Crippen molar-refractivity contribution in [2.24, 2.45) is 7.05 Å². The summed E-state index contributed by atoms with van der Waals surface area (Å²) in [5.41, 5.74) is 1.14. The first-order valence-corrected chi connectivity index (χ1v) is 4.83. The maximum Gasteiger partial charge on any atom is 0.358 e. The molecule has 1 aromatic rings. The first kappa shape index (κ1) is 11.7. The monoisotopic (exact) mass is 212 g/mol. The van der Waals surface area contributed by atoms with Crippen molar-refractivity contribution in [2.45, 2.75) is 25.9 Å². The van der Waals surface area contributed by atoms with Gasteiger partial charge in [-0.25, -0.2) is 4.79 Å². The molecule has 0 amide bonds. The average molecular weight is 212 g/mol. The van der Waals surface area contributed by atoms with E-state index >= 15 is 0 Å². The predicted molar refractivity (Wildman–Crippen MR) is 54.5 cm³/mol. The van der Waals surface area contributed by atoms with E-state index in [-0.39, 0.29) is 6.10 Å². The Kier molecular flexibility index (Phi) is 3.85. The lowest BCUT2D eigenvalue weighted by atomic mass is 10.1. The van der Waals surface area contributed by atoms with Gasteiger partial charge in [0.05, 0.1) is 13.2 Å². The van der Waals surface area contributed by atoms with E-state index in [9.17, 15) is 4.79 Å². The molecule has 84 valence electrons. The maximum absolute atomic E-state index is 11.3. The summed E-state index contributed by atoms with van der Waals surface area (Å²) in [5.74, 6) is -0.434. The number of aliphatic hydroxyl groups is 1. The second kappa shape index (κ2) is 4.93. The summed E-state index contributed by atoms with van der Waals surface area (Å²) in [4.78, 5) is 11.3. The van der Waals surface area contributed by atoms with Crippen molar-refractivity contribution in [2.75, 3.05) is 7.11 Å². The SMILES string of the molecule is COC(=O)c1nn(C)cc1CC[C@@H](C)O. The van der Waals surface area contributed by atoms with Crippen molar-refractivity contribution in [1.29, 1.82) is 0 Å². The Balaban J connectivity index is 2.81. The summed E-state index contributed by atoms with van der Waals surface area (Å²) in [7, 11) is 3.08. The van der Waals surface area contributed by atoms with Gasteiger partial charge in [-0.15, -0.1) is 0 Å². The molecule has 1 heterocycles. The topological polar surface area (TPSA) is 64.3 Å². The highest BCUT2D eigenvalue weighted by molar-refractivity contribution is 5.88. The molecular weight excluding hydrogens is 196 g/mol. The van der Waals surface area contributed by atoms with Gasteiger partial charge in [-0.3, -0.25) is 4.68 Å². The number of aromatic nitrogens is 2. The van der Waals surface area contributed by atoms with Gasteiger partial charge in [-0.2, -0.15) is 5.10 Å². The molecule has 15 heavy (non-hydrogen) atoms. The third kappa shape index (κ3) is 3.06. The highest BCUT2D eigenvalue weighted by Crippen LogP contribution is 2.11. The van der Waals surface area contributed by atoms with Crippen LogP contribution in [-0.2, 0) is 18.2 Å². The number of hydrogen-bond acceptors (Lipinski definition) is 4. The Morgan fingerprint density at radius 2 is 2.40 bits per heavy atom. The number of carbonyl (C=O) groups is 1. The summed E-state index contributed by atoms with van der Waals surface area (Å²) in [5, 5.41) is 13.2. The predicted octanol–water partition coefficient (Wildman–Crippen LogP) is 0.520. The second-order valence-electron chi connectivity index (χ2n) is 3.56.